The van der Waals surface area contributed by atoms with Gasteiger partial charge in [0.1, 0.15) is 0 Å². The molecule has 102 valence electrons. The molecule has 0 radical (unpaired) electrons. The molecule has 0 amide bonds. The second-order valence-electron chi connectivity index (χ2n) is 5.68. The molecule has 0 aromatic rings. The Morgan fingerprint density at radius 3 is 1.94 bits per heavy atom. The fourth-order valence-electron chi connectivity index (χ4n) is 2.55. The van der Waals surface area contributed by atoms with Gasteiger partial charge in [-0.05, 0) is 63.7 Å². The molecule has 0 spiro atoms. The van der Waals surface area contributed by atoms with Crippen molar-refractivity contribution >= 4 is 0 Å². The molecule has 0 aliphatic carbocycles. The third-order valence-corrected chi connectivity index (χ3v) is 3.45. The van der Waals surface area contributed by atoms with Crippen LogP contribution in [0.1, 0.15) is 39.5 Å². The van der Waals surface area contributed by atoms with Gasteiger partial charge in [-0.3, -0.25) is 0 Å². The molecule has 3 N–H and O–H groups in total. The fourth-order valence-corrected chi connectivity index (χ4v) is 2.55. The van der Waals surface area contributed by atoms with Crippen LogP contribution in [-0.4, -0.2) is 39.3 Å². The van der Waals surface area contributed by atoms with Crippen LogP contribution in [0.25, 0.3) is 0 Å². The lowest BCUT2D eigenvalue weighted by Gasteiger charge is -2.19. The monoisotopic (exact) mass is 241 g/mol. The highest BCUT2D eigenvalue weighted by atomic mass is 14.9. The van der Waals surface area contributed by atoms with Gasteiger partial charge < -0.3 is 16.0 Å². The summed E-state index contributed by atoms with van der Waals surface area (Å²) in [5, 5.41) is 10.6. The van der Waals surface area contributed by atoms with Gasteiger partial charge in [-0.1, -0.05) is 13.8 Å². The van der Waals surface area contributed by atoms with Gasteiger partial charge in [0.2, 0.25) is 0 Å². The maximum absolute atomic E-state index is 3.57. The van der Waals surface area contributed by atoms with E-state index in [1.165, 1.54) is 38.8 Å². The molecule has 1 fully saturated rings. The van der Waals surface area contributed by atoms with E-state index >= 15 is 0 Å². The summed E-state index contributed by atoms with van der Waals surface area (Å²) in [6, 6.07) is 0. The van der Waals surface area contributed by atoms with E-state index in [1.54, 1.807) is 0 Å². The molecule has 1 unspecified atom stereocenters. The van der Waals surface area contributed by atoms with Gasteiger partial charge in [-0.25, -0.2) is 0 Å². The predicted molar refractivity (Wildman–Crippen MR) is 75.4 cm³/mol. The predicted octanol–water partition coefficient (Wildman–Crippen LogP) is 1.60. The molecule has 17 heavy (non-hydrogen) atoms. The molecular weight excluding hydrogens is 210 g/mol. The van der Waals surface area contributed by atoms with E-state index in [2.05, 4.69) is 29.8 Å². The lowest BCUT2D eigenvalue weighted by atomic mass is 9.91. The minimum absolute atomic E-state index is 0.831. The lowest BCUT2D eigenvalue weighted by molar-refractivity contribution is 0.353. The zero-order valence-electron chi connectivity index (χ0n) is 11.7. The summed E-state index contributed by atoms with van der Waals surface area (Å²) in [4.78, 5) is 0. The van der Waals surface area contributed by atoms with E-state index < -0.39 is 0 Å². The topological polar surface area (TPSA) is 36.1 Å². The summed E-state index contributed by atoms with van der Waals surface area (Å²) in [5.74, 6) is 1.72. The van der Waals surface area contributed by atoms with E-state index in [-0.39, 0.29) is 0 Å². The smallest absolute Gasteiger partial charge is 0.00767 e. The first kappa shape index (κ1) is 14.9. The summed E-state index contributed by atoms with van der Waals surface area (Å²) in [5.41, 5.74) is 0. The zero-order chi connectivity index (χ0) is 12.3. The molecule has 0 aromatic heterocycles. The minimum atomic E-state index is 0.831. The first-order valence-corrected chi connectivity index (χ1v) is 7.41. The molecule has 1 rings (SSSR count). The van der Waals surface area contributed by atoms with E-state index in [9.17, 15) is 0 Å². The Bertz CT molecular complexity index is 157. The van der Waals surface area contributed by atoms with Gasteiger partial charge >= 0.3 is 0 Å². The van der Waals surface area contributed by atoms with Crippen LogP contribution in [0.4, 0.5) is 0 Å². The molecule has 1 saturated heterocycles. The van der Waals surface area contributed by atoms with Crippen LogP contribution >= 0.6 is 0 Å². The Hall–Kier alpha value is -0.120. The number of hydrogen-bond donors (Lipinski definition) is 3. The summed E-state index contributed by atoms with van der Waals surface area (Å²) >= 11 is 0. The van der Waals surface area contributed by atoms with Crippen molar-refractivity contribution in [2.24, 2.45) is 11.8 Å². The van der Waals surface area contributed by atoms with Gasteiger partial charge in [0.15, 0.2) is 0 Å². The van der Waals surface area contributed by atoms with E-state index in [0.29, 0.717) is 0 Å². The van der Waals surface area contributed by atoms with Crippen LogP contribution in [-0.2, 0) is 0 Å². The normalized spacial score (nSPS) is 25.9. The SMILES string of the molecule is CC(C)CC1CCNCCCNCCNCC1. The van der Waals surface area contributed by atoms with Crippen LogP contribution in [0.15, 0.2) is 0 Å². The van der Waals surface area contributed by atoms with E-state index in [1.807, 2.05) is 0 Å². The second-order valence-corrected chi connectivity index (χ2v) is 5.68. The van der Waals surface area contributed by atoms with E-state index in [0.717, 1.165) is 38.0 Å². The van der Waals surface area contributed by atoms with Gasteiger partial charge in [0, 0.05) is 13.1 Å². The number of nitrogens with one attached hydrogen (secondary N) is 3. The average Bonchev–Trinajstić information content (AvgIpc) is 2.30. The van der Waals surface area contributed by atoms with Crippen LogP contribution in [0, 0.1) is 11.8 Å². The van der Waals surface area contributed by atoms with Crippen molar-refractivity contribution in [2.45, 2.75) is 39.5 Å². The first-order chi connectivity index (χ1) is 8.29. The molecule has 1 aliphatic heterocycles. The Morgan fingerprint density at radius 1 is 0.824 bits per heavy atom. The van der Waals surface area contributed by atoms with Crippen molar-refractivity contribution in [1.82, 2.24) is 16.0 Å². The van der Waals surface area contributed by atoms with Crippen LogP contribution in [0.3, 0.4) is 0 Å². The third-order valence-electron chi connectivity index (χ3n) is 3.45. The molecule has 3 nitrogen and oxygen atoms in total. The van der Waals surface area contributed by atoms with Crippen molar-refractivity contribution in [2.75, 3.05) is 39.3 Å². The highest BCUT2D eigenvalue weighted by Crippen LogP contribution is 2.18. The van der Waals surface area contributed by atoms with Crippen molar-refractivity contribution in [1.29, 1.82) is 0 Å². The Kier molecular flexibility index (Phi) is 8.67. The summed E-state index contributed by atoms with van der Waals surface area (Å²) < 4.78 is 0. The largest absolute Gasteiger partial charge is 0.317 e. The maximum Gasteiger partial charge on any atom is 0.00767 e. The minimum Gasteiger partial charge on any atom is -0.317 e. The van der Waals surface area contributed by atoms with Crippen molar-refractivity contribution in [3.63, 3.8) is 0 Å². The highest BCUT2D eigenvalue weighted by molar-refractivity contribution is 4.66. The molecule has 1 aliphatic rings. The molecule has 0 bridgehead atoms. The molecule has 1 heterocycles. The highest BCUT2D eigenvalue weighted by Gasteiger charge is 2.10. The summed E-state index contributed by atoms with van der Waals surface area (Å²) in [6.45, 7) is 11.6. The molecular formula is C14H31N3. The standard InChI is InChI=1S/C14H31N3/c1-13(2)12-14-4-8-15-6-3-7-16-10-11-17-9-5-14/h13-17H,3-12H2,1-2H3. The van der Waals surface area contributed by atoms with Crippen molar-refractivity contribution in [3.8, 4) is 0 Å². The second kappa shape index (κ2) is 9.86. The Morgan fingerprint density at radius 2 is 1.35 bits per heavy atom. The quantitative estimate of drug-likeness (QED) is 0.687. The first-order valence-electron chi connectivity index (χ1n) is 7.41. The van der Waals surface area contributed by atoms with Crippen LogP contribution in [0.2, 0.25) is 0 Å². The average molecular weight is 241 g/mol. The van der Waals surface area contributed by atoms with Crippen LogP contribution < -0.4 is 16.0 Å². The summed E-state index contributed by atoms with van der Waals surface area (Å²) in [7, 11) is 0. The van der Waals surface area contributed by atoms with Crippen LogP contribution in [0.5, 0.6) is 0 Å². The third kappa shape index (κ3) is 8.58. The van der Waals surface area contributed by atoms with Gasteiger partial charge in [-0.15, -0.1) is 0 Å². The molecule has 0 aromatic carbocycles. The zero-order valence-corrected chi connectivity index (χ0v) is 11.7. The molecule has 1 atom stereocenters. The van der Waals surface area contributed by atoms with Crippen molar-refractivity contribution < 1.29 is 0 Å². The Balaban J connectivity index is 2.25. The molecule has 3 heteroatoms. The van der Waals surface area contributed by atoms with Gasteiger partial charge in [0.25, 0.3) is 0 Å². The number of rotatable bonds is 2. The van der Waals surface area contributed by atoms with Gasteiger partial charge in [-0.2, -0.15) is 0 Å². The Labute approximate surface area is 107 Å². The van der Waals surface area contributed by atoms with Crippen molar-refractivity contribution in [3.05, 3.63) is 0 Å². The summed E-state index contributed by atoms with van der Waals surface area (Å²) in [6.07, 6.45) is 5.30. The van der Waals surface area contributed by atoms with Gasteiger partial charge in [0.05, 0.1) is 0 Å². The fraction of sp³-hybridized carbons (Fsp3) is 1.00. The van der Waals surface area contributed by atoms with E-state index in [4.69, 9.17) is 0 Å². The maximum atomic E-state index is 3.57. The lowest BCUT2D eigenvalue weighted by Crippen LogP contribution is -2.29. The number of hydrogen-bond acceptors (Lipinski definition) is 3. The molecule has 0 saturated carbocycles.